The van der Waals surface area contributed by atoms with E-state index in [9.17, 15) is 14.4 Å². The molecule has 0 aliphatic carbocycles. The van der Waals surface area contributed by atoms with E-state index in [0.717, 1.165) is 4.68 Å². The van der Waals surface area contributed by atoms with Crippen molar-refractivity contribution in [1.82, 2.24) is 9.78 Å². The lowest BCUT2D eigenvalue weighted by Crippen LogP contribution is -2.29. The number of aromatic nitrogens is 2. The fourth-order valence-electron chi connectivity index (χ4n) is 1.69. The van der Waals surface area contributed by atoms with Crippen LogP contribution in [0.5, 0.6) is 0 Å². The number of carboxylic acid groups (broad SMARTS) is 1. The van der Waals surface area contributed by atoms with Crippen LogP contribution in [0.25, 0.3) is 10.8 Å². The van der Waals surface area contributed by atoms with Crippen LogP contribution in [0, 0.1) is 0 Å². The van der Waals surface area contributed by atoms with Crippen LogP contribution in [-0.4, -0.2) is 33.9 Å². The summed E-state index contributed by atoms with van der Waals surface area (Å²) in [6.07, 6.45) is 0. The zero-order valence-electron chi connectivity index (χ0n) is 9.99. The number of hydrogen-bond acceptors (Lipinski definition) is 5. The van der Waals surface area contributed by atoms with E-state index in [1.54, 1.807) is 12.1 Å². The van der Waals surface area contributed by atoms with E-state index in [4.69, 9.17) is 5.11 Å². The van der Waals surface area contributed by atoms with E-state index in [1.165, 1.54) is 19.2 Å². The summed E-state index contributed by atoms with van der Waals surface area (Å²) in [5.41, 5.74) is -0.815. The summed E-state index contributed by atoms with van der Waals surface area (Å²) in [6, 6.07) is 6.20. The van der Waals surface area contributed by atoms with Gasteiger partial charge in [-0.1, -0.05) is 18.2 Å². The van der Waals surface area contributed by atoms with E-state index >= 15 is 0 Å². The second kappa shape index (κ2) is 4.89. The Morgan fingerprint density at radius 1 is 1.32 bits per heavy atom. The fourth-order valence-corrected chi connectivity index (χ4v) is 1.69. The van der Waals surface area contributed by atoms with Crippen LogP contribution in [0.1, 0.15) is 10.5 Å². The zero-order valence-corrected chi connectivity index (χ0v) is 9.99. The molecule has 7 heteroatoms. The average molecular weight is 262 g/mol. The van der Waals surface area contributed by atoms with Crippen LogP contribution < -0.4 is 5.56 Å². The minimum absolute atomic E-state index is 0.193. The second-order valence-corrected chi connectivity index (χ2v) is 3.74. The molecule has 0 aliphatic heterocycles. The van der Waals surface area contributed by atoms with Gasteiger partial charge in [0.05, 0.1) is 12.5 Å². The summed E-state index contributed by atoms with van der Waals surface area (Å²) in [5, 5.41) is 13.2. The maximum atomic E-state index is 12.1. The van der Waals surface area contributed by atoms with E-state index < -0.39 is 24.0 Å². The van der Waals surface area contributed by atoms with Crippen molar-refractivity contribution in [2.45, 2.75) is 6.54 Å². The molecule has 1 aromatic carbocycles. The molecule has 0 fully saturated rings. The Balaban J connectivity index is 2.73. The van der Waals surface area contributed by atoms with Gasteiger partial charge in [0.15, 0.2) is 5.69 Å². The van der Waals surface area contributed by atoms with Crippen molar-refractivity contribution in [1.29, 1.82) is 0 Å². The summed E-state index contributed by atoms with van der Waals surface area (Å²) in [4.78, 5) is 34.4. The Kier molecular flexibility index (Phi) is 3.28. The Hall–Kier alpha value is -2.70. The highest BCUT2D eigenvalue weighted by Gasteiger charge is 2.16. The van der Waals surface area contributed by atoms with E-state index in [0.29, 0.717) is 0 Å². The van der Waals surface area contributed by atoms with Gasteiger partial charge in [0, 0.05) is 5.39 Å². The van der Waals surface area contributed by atoms with Crippen molar-refractivity contribution in [2.24, 2.45) is 0 Å². The van der Waals surface area contributed by atoms with Gasteiger partial charge in [-0.05, 0) is 6.07 Å². The van der Waals surface area contributed by atoms with Crippen LogP contribution in [0.4, 0.5) is 0 Å². The Labute approximate surface area is 107 Å². The molecular weight excluding hydrogens is 252 g/mol. The quantitative estimate of drug-likeness (QED) is 0.797. The number of aromatic carboxylic acids is 1. The van der Waals surface area contributed by atoms with Gasteiger partial charge < -0.3 is 9.84 Å². The third kappa shape index (κ3) is 2.30. The molecule has 19 heavy (non-hydrogen) atoms. The van der Waals surface area contributed by atoms with Crippen LogP contribution >= 0.6 is 0 Å². The monoisotopic (exact) mass is 262 g/mol. The minimum atomic E-state index is -1.27. The van der Waals surface area contributed by atoms with Crippen molar-refractivity contribution in [2.75, 3.05) is 7.11 Å². The molecule has 1 N–H and O–H groups in total. The van der Waals surface area contributed by atoms with Gasteiger partial charge in [-0.15, -0.1) is 0 Å². The first-order valence-electron chi connectivity index (χ1n) is 5.34. The van der Waals surface area contributed by atoms with Gasteiger partial charge in [0.2, 0.25) is 0 Å². The van der Waals surface area contributed by atoms with Crippen molar-refractivity contribution in [3.8, 4) is 0 Å². The van der Waals surface area contributed by atoms with Gasteiger partial charge in [0.1, 0.15) is 6.54 Å². The van der Waals surface area contributed by atoms with Crippen molar-refractivity contribution in [3.63, 3.8) is 0 Å². The number of ether oxygens (including phenoxy) is 1. The number of methoxy groups -OCH3 is 1. The first kappa shape index (κ1) is 12.7. The summed E-state index contributed by atoms with van der Waals surface area (Å²) in [6.45, 7) is -0.430. The number of esters is 1. The molecule has 0 atom stereocenters. The lowest BCUT2D eigenvalue weighted by molar-refractivity contribution is -0.141. The SMILES string of the molecule is COC(=O)Cn1nc(C(=O)O)c2ccccc2c1=O. The Bertz CT molecular complexity index is 720. The maximum absolute atomic E-state index is 12.1. The molecular formula is C12H10N2O5. The van der Waals surface area contributed by atoms with Gasteiger partial charge in [-0.3, -0.25) is 9.59 Å². The lowest BCUT2D eigenvalue weighted by atomic mass is 10.1. The number of nitrogens with zero attached hydrogens (tertiary/aromatic N) is 2. The Morgan fingerprint density at radius 3 is 2.53 bits per heavy atom. The van der Waals surface area contributed by atoms with Crippen LogP contribution in [-0.2, 0) is 16.1 Å². The van der Waals surface area contributed by atoms with Crippen LogP contribution in [0.15, 0.2) is 29.1 Å². The topological polar surface area (TPSA) is 98.5 Å². The summed E-state index contributed by atoms with van der Waals surface area (Å²) in [5.74, 6) is -1.95. The number of carbonyl (C=O) groups is 2. The number of hydrogen-bond donors (Lipinski definition) is 1. The number of carboxylic acids is 1. The molecule has 2 aromatic rings. The second-order valence-electron chi connectivity index (χ2n) is 3.74. The minimum Gasteiger partial charge on any atom is -0.476 e. The third-order valence-corrected chi connectivity index (χ3v) is 2.58. The van der Waals surface area contributed by atoms with Crippen LogP contribution in [0.3, 0.4) is 0 Å². The molecule has 0 saturated carbocycles. The largest absolute Gasteiger partial charge is 0.476 e. The molecule has 0 amide bonds. The maximum Gasteiger partial charge on any atom is 0.357 e. The first-order chi connectivity index (χ1) is 9.04. The molecule has 0 spiro atoms. The predicted molar refractivity (Wildman–Crippen MR) is 65.0 cm³/mol. The van der Waals surface area contributed by atoms with Crippen LogP contribution in [0.2, 0.25) is 0 Å². The normalized spacial score (nSPS) is 10.4. The van der Waals surface area contributed by atoms with E-state index in [-0.39, 0.29) is 16.5 Å². The zero-order chi connectivity index (χ0) is 14.0. The molecule has 98 valence electrons. The fraction of sp³-hybridized carbons (Fsp3) is 0.167. The number of rotatable bonds is 3. The summed E-state index contributed by atoms with van der Waals surface area (Å²) in [7, 11) is 1.17. The molecule has 0 saturated heterocycles. The molecule has 1 aromatic heterocycles. The lowest BCUT2D eigenvalue weighted by Gasteiger charge is -2.07. The van der Waals surface area contributed by atoms with Crippen molar-refractivity contribution in [3.05, 3.63) is 40.3 Å². The van der Waals surface area contributed by atoms with Gasteiger partial charge in [0.25, 0.3) is 5.56 Å². The number of fused-ring (bicyclic) bond motifs is 1. The molecule has 0 bridgehead atoms. The summed E-state index contributed by atoms with van der Waals surface area (Å²) < 4.78 is 5.22. The molecule has 0 radical (unpaired) electrons. The van der Waals surface area contributed by atoms with E-state index in [1.807, 2.05) is 0 Å². The Morgan fingerprint density at radius 2 is 1.95 bits per heavy atom. The molecule has 0 aliphatic rings. The molecule has 0 unspecified atom stereocenters. The standard InChI is InChI=1S/C12H10N2O5/c1-19-9(15)6-14-11(16)8-5-3-2-4-7(8)10(13-14)12(17)18/h2-5H,6H2,1H3,(H,17,18). The van der Waals surface area contributed by atoms with Crippen molar-refractivity contribution < 1.29 is 19.4 Å². The highest BCUT2D eigenvalue weighted by atomic mass is 16.5. The van der Waals surface area contributed by atoms with Crippen molar-refractivity contribution >= 4 is 22.7 Å². The van der Waals surface area contributed by atoms with Gasteiger partial charge in [-0.25, -0.2) is 9.48 Å². The molecule has 7 nitrogen and oxygen atoms in total. The number of benzene rings is 1. The first-order valence-corrected chi connectivity index (χ1v) is 5.34. The third-order valence-electron chi connectivity index (χ3n) is 2.58. The average Bonchev–Trinajstić information content (AvgIpc) is 2.41. The van der Waals surface area contributed by atoms with Gasteiger partial charge in [-0.2, -0.15) is 5.10 Å². The molecule has 2 rings (SSSR count). The summed E-state index contributed by atoms with van der Waals surface area (Å²) >= 11 is 0. The smallest absolute Gasteiger partial charge is 0.357 e. The predicted octanol–water partition coefficient (Wildman–Crippen LogP) is 0.268. The molecule has 1 heterocycles. The van der Waals surface area contributed by atoms with E-state index in [2.05, 4.69) is 9.84 Å². The van der Waals surface area contributed by atoms with Gasteiger partial charge >= 0.3 is 11.9 Å². The highest BCUT2D eigenvalue weighted by molar-refractivity contribution is 6.01. The number of carbonyl (C=O) groups excluding carboxylic acids is 1. The highest BCUT2D eigenvalue weighted by Crippen LogP contribution is 2.12.